The Bertz CT molecular complexity index is 250. The van der Waals surface area contributed by atoms with Crippen molar-refractivity contribution in [2.75, 3.05) is 59.5 Å². The summed E-state index contributed by atoms with van der Waals surface area (Å²) in [4.78, 5) is 5.09. The minimum Gasteiger partial charge on any atom is -0.381 e. The molecule has 1 N–H and O–H groups in total. The Balaban J connectivity index is 1.80. The molecule has 2 heterocycles. The molecule has 2 aliphatic heterocycles. The first-order valence-electron chi connectivity index (χ1n) is 8.01. The van der Waals surface area contributed by atoms with Crippen LogP contribution in [0.15, 0.2) is 0 Å². The van der Waals surface area contributed by atoms with Gasteiger partial charge in [0, 0.05) is 38.2 Å². The molecule has 112 valence electrons. The molecular weight excluding hydrogens is 238 g/mol. The first-order chi connectivity index (χ1) is 9.29. The first-order valence-corrected chi connectivity index (χ1v) is 8.01. The van der Waals surface area contributed by atoms with Crippen molar-refractivity contribution in [3.05, 3.63) is 0 Å². The fourth-order valence-electron chi connectivity index (χ4n) is 3.19. The Hall–Kier alpha value is -0.160. The van der Waals surface area contributed by atoms with Crippen LogP contribution in [0.5, 0.6) is 0 Å². The second kappa shape index (κ2) is 8.20. The SMILES string of the molecule is CCCNC1CCOCC1CN1CCCN(C)CC1. The fraction of sp³-hybridized carbons (Fsp3) is 1.00. The average Bonchev–Trinajstić information content (AvgIpc) is 2.63. The second-order valence-corrected chi connectivity index (χ2v) is 6.14. The van der Waals surface area contributed by atoms with Gasteiger partial charge in [-0.2, -0.15) is 0 Å². The summed E-state index contributed by atoms with van der Waals surface area (Å²) in [5, 5.41) is 3.72. The number of hydrogen-bond acceptors (Lipinski definition) is 4. The van der Waals surface area contributed by atoms with Gasteiger partial charge in [0.05, 0.1) is 6.61 Å². The van der Waals surface area contributed by atoms with Crippen molar-refractivity contribution in [3.8, 4) is 0 Å². The Morgan fingerprint density at radius 1 is 1.21 bits per heavy atom. The lowest BCUT2D eigenvalue weighted by Gasteiger charge is -2.35. The Morgan fingerprint density at radius 3 is 2.95 bits per heavy atom. The molecule has 4 heteroatoms. The summed E-state index contributed by atoms with van der Waals surface area (Å²) in [7, 11) is 2.23. The maximum Gasteiger partial charge on any atom is 0.0521 e. The number of hydrogen-bond donors (Lipinski definition) is 1. The van der Waals surface area contributed by atoms with E-state index in [1.807, 2.05) is 0 Å². The lowest BCUT2D eigenvalue weighted by Crippen LogP contribution is -2.48. The summed E-state index contributed by atoms with van der Waals surface area (Å²) in [6.07, 6.45) is 3.70. The van der Waals surface area contributed by atoms with Gasteiger partial charge in [-0.05, 0) is 45.9 Å². The highest BCUT2D eigenvalue weighted by Gasteiger charge is 2.27. The number of ether oxygens (including phenoxy) is 1. The molecule has 0 amide bonds. The van der Waals surface area contributed by atoms with Crippen LogP contribution >= 0.6 is 0 Å². The summed E-state index contributed by atoms with van der Waals surface area (Å²) in [6, 6.07) is 0.662. The van der Waals surface area contributed by atoms with Crippen LogP contribution in [0.25, 0.3) is 0 Å². The van der Waals surface area contributed by atoms with Crippen molar-refractivity contribution in [3.63, 3.8) is 0 Å². The Morgan fingerprint density at radius 2 is 2.11 bits per heavy atom. The number of nitrogens with zero attached hydrogens (tertiary/aromatic N) is 2. The van der Waals surface area contributed by atoms with Crippen molar-refractivity contribution < 1.29 is 4.74 Å². The van der Waals surface area contributed by atoms with Gasteiger partial charge in [0.2, 0.25) is 0 Å². The average molecular weight is 269 g/mol. The van der Waals surface area contributed by atoms with Crippen molar-refractivity contribution >= 4 is 0 Å². The highest BCUT2D eigenvalue weighted by atomic mass is 16.5. The van der Waals surface area contributed by atoms with Gasteiger partial charge in [-0.1, -0.05) is 6.92 Å². The molecule has 19 heavy (non-hydrogen) atoms. The van der Waals surface area contributed by atoms with E-state index in [2.05, 4.69) is 29.1 Å². The maximum atomic E-state index is 5.71. The van der Waals surface area contributed by atoms with E-state index in [0.717, 1.165) is 19.8 Å². The first kappa shape index (κ1) is 15.2. The predicted molar refractivity (Wildman–Crippen MR) is 79.6 cm³/mol. The van der Waals surface area contributed by atoms with E-state index in [-0.39, 0.29) is 0 Å². The quantitative estimate of drug-likeness (QED) is 0.807. The van der Waals surface area contributed by atoms with Gasteiger partial charge in [0.15, 0.2) is 0 Å². The highest BCUT2D eigenvalue weighted by Crippen LogP contribution is 2.17. The monoisotopic (exact) mass is 269 g/mol. The molecule has 0 aromatic carbocycles. The smallest absolute Gasteiger partial charge is 0.0521 e. The lowest BCUT2D eigenvalue weighted by atomic mass is 9.95. The van der Waals surface area contributed by atoms with E-state index in [0.29, 0.717) is 12.0 Å². The lowest BCUT2D eigenvalue weighted by molar-refractivity contribution is 0.0172. The molecule has 0 aromatic heterocycles. The molecule has 2 aliphatic rings. The topological polar surface area (TPSA) is 27.7 Å². The van der Waals surface area contributed by atoms with Crippen LogP contribution in [0.3, 0.4) is 0 Å². The van der Waals surface area contributed by atoms with Crippen LogP contribution in [0, 0.1) is 5.92 Å². The molecule has 0 aliphatic carbocycles. The zero-order chi connectivity index (χ0) is 13.5. The van der Waals surface area contributed by atoms with Gasteiger partial charge in [0.1, 0.15) is 0 Å². The molecule has 4 nitrogen and oxygen atoms in total. The zero-order valence-electron chi connectivity index (χ0n) is 12.7. The second-order valence-electron chi connectivity index (χ2n) is 6.14. The number of likely N-dealkylation sites (N-methyl/N-ethyl adjacent to an activating group) is 1. The van der Waals surface area contributed by atoms with Gasteiger partial charge in [-0.25, -0.2) is 0 Å². The van der Waals surface area contributed by atoms with Crippen LogP contribution in [0.1, 0.15) is 26.2 Å². The molecule has 2 fully saturated rings. The molecule has 2 atom stereocenters. The highest BCUT2D eigenvalue weighted by molar-refractivity contribution is 4.83. The van der Waals surface area contributed by atoms with Gasteiger partial charge in [-0.15, -0.1) is 0 Å². The number of rotatable bonds is 5. The van der Waals surface area contributed by atoms with Crippen molar-refractivity contribution in [2.45, 2.75) is 32.2 Å². The molecular formula is C15H31N3O. The van der Waals surface area contributed by atoms with Gasteiger partial charge < -0.3 is 19.9 Å². The summed E-state index contributed by atoms with van der Waals surface area (Å²) in [5.74, 6) is 0.670. The fourth-order valence-corrected chi connectivity index (χ4v) is 3.19. The molecule has 2 unspecified atom stereocenters. The van der Waals surface area contributed by atoms with E-state index in [9.17, 15) is 0 Å². The van der Waals surface area contributed by atoms with Gasteiger partial charge in [0.25, 0.3) is 0 Å². The van der Waals surface area contributed by atoms with E-state index in [4.69, 9.17) is 4.74 Å². The molecule has 0 aromatic rings. The van der Waals surface area contributed by atoms with Crippen molar-refractivity contribution in [2.24, 2.45) is 5.92 Å². The molecule has 0 spiro atoms. The number of nitrogens with one attached hydrogen (secondary N) is 1. The third-order valence-corrected chi connectivity index (χ3v) is 4.44. The Kier molecular flexibility index (Phi) is 6.57. The standard InChI is InChI=1S/C15H31N3O/c1-3-6-16-15-5-11-19-13-14(15)12-18-8-4-7-17(2)9-10-18/h14-16H,3-13H2,1-2H3. The van der Waals surface area contributed by atoms with Crippen LogP contribution in [0.4, 0.5) is 0 Å². The van der Waals surface area contributed by atoms with Crippen LogP contribution in [0.2, 0.25) is 0 Å². The molecule has 0 saturated carbocycles. The van der Waals surface area contributed by atoms with Gasteiger partial charge >= 0.3 is 0 Å². The molecule has 0 bridgehead atoms. The van der Waals surface area contributed by atoms with Crippen molar-refractivity contribution in [1.82, 2.24) is 15.1 Å². The molecule has 2 rings (SSSR count). The minimum absolute atomic E-state index is 0.662. The summed E-state index contributed by atoms with van der Waals surface area (Å²) in [6.45, 7) is 11.4. The van der Waals surface area contributed by atoms with Crippen LogP contribution < -0.4 is 5.32 Å². The molecule has 2 saturated heterocycles. The largest absolute Gasteiger partial charge is 0.381 e. The third kappa shape index (κ3) is 5.03. The minimum atomic E-state index is 0.662. The predicted octanol–water partition coefficient (Wildman–Crippen LogP) is 1.03. The van der Waals surface area contributed by atoms with Crippen molar-refractivity contribution in [1.29, 1.82) is 0 Å². The summed E-state index contributed by atoms with van der Waals surface area (Å²) in [5.41, 5.74) is 0. The van der Waals surface area contributed by atoms with E-state index in [1.54, 1.807) is 0 Å². The van der Waals surface area contributed by atoms with Gasteiger partial charge in [-0.3, -0.25) is 0 Å². The van der Waals surface area contributed by atoms with E-state index >= 15 is 0 Å². The van der Waals surface area contributed by atoms with Crippen LogP contribution in [-0.2, 0) is 4.74 Å². The Labute approximate surface area is 118 Å². The summed E-state index contributed by atoms with van der Waals surface area (Å²) >= 11 is 0. The zero-order valence-corrected chi connectivity index (χ0v) is 12.7. The maximum absolute atomic E-state index is 5.71. The summed E-state index contributed by atoms with van der Waals surface area (Å²) < 4.78 is 5.71. The van der Waals surface area contributed by atoms with E-state index in [1.165, 1.54) is 52.0 Å². The normalized spacial score (nSPS) is 31.3. The van der Waals surface area contributed by atoms with Crippen LogP contribution in [-0.4, -0.2) is 75.4 Å². The van der Waals surface area contributed by atoms with E-state index < -0.39 is 0 Å². The third-order valence-electron chi connectivity index (χ3n) is 4.44. The molecule has 0 radical (unpaired) electrons.